The van der Waals surface area contributed by atoms with Gasteiger partial charge in [0.2, 0.25) is 0 Å². The van der Waals surface area contributed by atoms with Crippen molar-refractivity contribution in [3.8, 4) is 0 Å². The lowest BCUT2D eigenvalue weighted by molar-refractivity contribution is -0.892. The van der Waals surface area contributed by atoms with E-state index in [4.69, 9.17) is 23.2 Å². The van der Waals surface area contributed by atoms with Gasteiger partial charge in [0.1, 0.15) is 0 Å². The zero-order valence-corrected chi connectivity index (χ0v) is 17.5. The second kappa shape index (κ2) is 8.51. The monoisotopic (exact) mass is 406 g/mol. The third-order valence-electron chi connectivity index (χ3n) is 5.04. The first-order valence-electron chi connectivity index (χ1n) is 9.25. The number of anilines is 2. The molecule has 0 aliphatic carbocycles. The highest BCUT2D eigenvalue weighted by molar-refractivity contribution is 6.35. The number of hydrogen-bond acceptors (Lipinski definition) is 2. The molecule has 1 aliphatic rings. The van der Waals surface area contributed by atoms with E-state index in [9.17, 15) is 4.79 Å². The minimum absolute atomic E-state index is 0.0367. The van der Waals surface area contributed by atoms with Gasteiger partial charge in [0.15, 0.2) is 6.54 Å². The molecule has 0 radical (unpaired) electrons. The summed E-state index contributed by atoms with van der Waals surface area (Å²) >= 11 is 12.1. The number of quaternary nitrogens is 1. The van der Waals surface area contributed by atoms with Gasteiger partial charge in [0.05, 0.1) is 36.9 Å². The van der Waals surface area contributed by atoms with Crippen LogP contribution in [0.15, 0.2) is 30.3 Å². The van der Waals surface area contributed by atoms with Crippen LogP contribution in [0.25, 0.3) is 0 Å². The predicted molar refractivity (Wildman–Crippen MR) is 114 cm³/mol. The fourth-order valence-corrected chi connectivity index (χ4v) is 4.25. The van der Waals surface area contributed by atoms with Crippen molar-refractivity contribution in [1.29, 1.82) is 0 Å². The Morgan fingerprint density at radius 3 is 2.33 bits per heavy atom. The molecule has 144 valence electrons. The van der Waals surface area contributed by atoms with Crippen molar-refractivity contribution in [2.24, 2.45) is 0 Å². The van der Waals surface area contributed by atoms with E-state index in [2.05, 4.69) is 43.1 Å². The molecule has 0 spiro atoms. The molecule has 0 aromatic heterocycles. The Balaban J connectivity index is 1.57. The summed E-state index contributed by atoms with van der Waals surface area (Å²) < 4.78 is 0. The topological polar surface area (TPSA) is 36.8 Å². The first kappa shape index (κ1) is 20.0. The number of halogens is 2. The molecule has 1 heterocycles. The number of nitrogens with zero attached hydrogens (tertiary/aromatic N) is 1. The van der Waals surface area contributed by atoms with Crippen molar-refractivity contribution in [2.75, 3.05) is 42.9 Å². The Morgan fingerprint density at radius 2 is 1.70 bits per heavy atom. The summed E-state index contributed by atoms with van der Waals surface area (Å²) in [7, 11) is 0. The van der Waals surface area contributed by atoms with Crippen LogP contribution in [0.4, 0.5) is 11.4 Å². The van der Waals surface area contributed by atoms with E-state index in [1.54, 1.807) is 18.2 Å². The van der Waals surface area contributed by atoms with E-state index in [-0.39, 0.29) is 5.91 Å². The van der Waals surface area contributed by atoms with Crippen LogP contribution in [0, 0.1) is 20.8 Å². The van der Waals surface area contributed by atoms with Gasteiger partial charge in [-0.2, -0.15) is 0 Å². The number of nitrogens with one attached hydrogen (secondary N) is 2. The molecule has 3 rings (SSSR count). The van der Waals surface area contributed by atoms with E-state index >= 15 is 0 Å². The van der Waals surface area contributed by atoms with Gasteiger partial charge in [-0.15, -0.1) is 0 Å². The summed E-state index contributed by atoms with van der Waals surface area (Å²) in [5.41, 5.74) is 5.86. The molecule has 0 saturated carbocycles. The van der Waals surface area contributed by atoms with E-state index in [1.165, 1.54) is 27.3 Å². The highest BCUT2D eigenvalue weighted by atomic mass is 35.5. The molecule has 0 atom stereocenters. The van der Waals surface area contributed by atoms with Crippen LogP contribution in [0.1, 0.15) is 16.7 Å². The van der Waals surface area contributed by atoms with Gasteiger partial charge in [0.25, 0.3) is 5.91 Å². The first-order valence-corrected chi connectivity index (χ1v) is 10.0. The number of carbonyl (C=O) groups is 1. The Hall–Kier alpha value is -1.75. The normalized spacial score (nSPS) is 15.1. The zero-order chi connectivity index (χ0) is 19.6. The summed E-state index contributed by atoms with van der Waals surface area (Å²) in [6.45, 7) is 10.7. The fraction of sp³-hybridized carbons (Fsp3) is 0.381. The second-order valence-corrected chi connectivity index (χ2v) is 8.18. The molecule has 2 aromatic carbocycles. The van der Waals surface area contributed by atoms with Crippen molar-refractivity contribution in [3.63, 3.8) is 0 Å². The lowest BCUT2D eigenvalue weighted by atomic mass is 10.0. The molecule has 2 N–H and O–H groups in total. The minimum atomic E-state index is -0.0367. The van der Waals surface area contributed by atoms with E-state index in [0.29, 0.717) is 22.3 Å². The number of carbonyl (C=O) groups excluding carboxylic acids is 1. The molecule has 1 fully saturated rings. The molecule has 1 amide bonds. The highest BCUT2D eigenvalue weighted by Crippen LogP contribution is 2.26. The number of amides is 1. The van der Waals surface area contributed by atoms with Gasteiger partial charge in [-0.1, -0.05) is 40.9 Å². The molecule has 27 heavy (non-hydrogen) atoms. The van der Waals surface area contributed by atoms with E-state index < -0.39 is 0 Å². The van der Waals surface area contributed by atoms with Gasteiger partial charge in [-0.05, 0) is 50.1 Å². The Kier molecular flexibility index (Phi) is 6.30. The van der Waals surface area contributed by atoms with Gasteiger partial charge in [-0.3, -0.25) is 4.79 Å². The number of piperazine rings is 1. The third kappa shape index (κ3) is 4.95. The Morgan fingerprint density at radius 1 is 1.07 bits per heavy atom. The maximum atomic E-state index is 12.4. The number of rotatable bonds is 4. The zero-order valence-electron chi connectivity index (χ0n) is 16.0. The van der Waals surface area contributed by atoms with Gasteiger partial charge >= 0.3 is 0 Å². The molecule has 4 nitrogen and oxygen atoms in total. The lowest BCUT2D eigenvalue weighted by Crippen LogP contribution is -3.15. The Bertz CT molecular complexity index is 822. The molecule has 0 bridgehead atoms. The molecule has 0 unspecified atom stereocenters. The smallest absolute Gasteiger partial charge is 0.279 e. The average molecular weight is 407 g/mol. The molecule has 2 aromatic rings. The molecule has 6 heteroatoms. The summed E-state index contributed by atoms with van der Waals surface area (Å²) in [4.78, 5) is 16.1. The Labute approximate surface area is 171 Å². The first-order chi connectivity index (χ1) is 12.8. The van der Waals surface area contributed by atoms with Crippen LogP contribution in [0.5, 0.6) is 0 Å². The minimum Gasteiger partial charge on any atom is -0.360 e. The van der Waals surface area contributed by atoms with Crippen molar-refractivity contribution in [1.82, 2.24) is 0 Å². The number of benzene rings is 2. The van der Waals surface area contributed by atoms with Crippen LogP contribution in [0.3, 0.4) is 0 Å². The second-order valence-electron chi connectivity index (χ2n) is 7.33. The fourth-order valence-electron chi connectivity index (χ4n) is 3.91. The summed E-state index contributed by atoms with van der Waals surface area (Å²) in [5.74, 6) is -0.0367. The van der Waals surface area contributed by atoms with Crippen molar-refractivity contribution >= 4 is 40.5 Å². The largest absolute Gasteiger partial charge is 0.360 e. The molecular weight excluding hydrogens is 381 g/mol. The summed E-state index contributed by atoms with van der Waals surface area (Å²) in [6, 6.07) is 9.56. The predicted octanol–water partition coefficient (Wildman–Crippen LogP) is 3.26. The van der Waals surface area contributed by atoms with Crippen molar-refractivity contribution in [2.45, 2.75) is 20.8 Å². The average Bonchev–Trinajstić information content (AvgIpc) is 2.59. The maximum Gasteiger partial charge on any atom is 0.279 e. The standard InChI is InChI=1S/C21H25Cl2N3O/c1-14-10-15(2)21(16(3)11-14)26-8-6-25(7-9-26)13-20(27)24-19-12-17(22)4-5-18(19)23/h4-5,10-12H,6-9,13H2,1-3H3,(H,24,27)/p+1. The summed E-state index contributed by atoms with van der Waals surface area (Å²) in [6.07, 6.45) is 0. The third-order valence-corrected chi connectivity index (χ3v) is 5.60. The highest BCUT2D eigenvalue weighted by Gasteiger charge is 2.24. The summed E-state index contributed by atoms with van der Waals surface area (Å²) in [5, 5.41) is 3.93. The lowest BCUT2D eigenvalue weighted by Gasteiger charge is -2.35. The van der Waals surface area contributed by atoms with Crippen LogP contribution < -0.4 is 15.1 Å². The quantitative estimate of drug-likeness (QED) is 0.817. The van der Waals surface area contributed by atoms with Crippen molar-refractivity contribution < 1.29 is 9.69 Å². The van der Waals surface area contributed by atoms with Gasteiger partial charge in [0, 0.05) is 10.7 Å². The molecule has 1 saturated heterocycles. The molecule has 1 aliphatic heterocycles. The molecular formula is C21H26Cl2N3O+. The van der Waals surface area contributed by atoms with Crippen LogP contribution >= 0.6 is 23.2 Å². The number of aryl methyl sites for hydroxylation is 3. The van der Waals surface area contributed by atoms with E-state index in [1.807, 2.05) is 0 Å². The van der Waals surface area contributed by atoms with Crippen LogP contribution in [-0.2, 0) is 4.79 Å². The van der Waals surface area contributed by atoms with Crippen molar-refractivity contribution in [3.05, 3.63) is 57.1 Å². The SMILES string of the molecule is Cc1cc(C)c(N2CC[NH+](CC(=O)Nc3cc(Cl)ccc3Cl)CC2)c(C)c1. The van der Waals surface area contributed by atoms with E-state index in [0.717, 1.165) is 26.2 Å². The van der Waals surface area contributed by atoms with Gasteiger partial charge < -0.3 is 15.1 Å². The van der Waals surface area contributed by atoms with Crippen LogP contribution in [0.2, 0.25) is 10.0 Å². The van der Waals surface area contributed by atoms with Gasteiger partial charge in [-0.25, -0.2) is 0 Å². The number of hydrogen-bond donors (Lipinski definition) is 2. The van der Waals surface area contributed by atoms with Crippen LogP contribution in [-0.4, -0.2) is 38.6 Å². The maximum absolute atomic E-state index is 12.4.